The molecule has 3 aliphatic rings. The lowest BCUT2D eigenvalue weighted by Crippen LogP contribution is -2.51. The van der Waals surface area contributed by atoms with Crippen molar-refractivity contribution in [3.05, 3.63) is 35.4 Å². The van der Waals surface area contributed by atoms with Crippen molar-refractivity contribution < 1.29 is 9.59 Å². The highest BCUT2D eigenvalue weighted by Crippen LogP contribution is 2.59. The Labute approximate surface area is 167 Å². The van der Waals surface area contributed by atoms with Crippen LogP contribution in [-0.4, -0.2) is 60.9 Å². The number of hydrogen-bond acceptors (Lipinski definition) is 3. The van der Waals surface area contributed by atoms with Crippen LogP contribution in [0.2, 0.25) is 0 Å². The summed E-state index contributed by atoms with van der Waals surface area (Å²) in [5, 5.41) is 3.39. The fourth-order valence-electron chi connectivity index (χ4n) is 4.56. The molecule has 0 bridgehead atoms. The molecule has 3 fully saturated rings. The number of benzene rings is 1. The van der Waals surface area contributed by atoms with Crippen LogP contribution in [0.25, 0.3) is 0 Å². The summed E-state index contributed by atoms with van der Waals surface area (Å²) in [5.41, 5.74) is 2.56. The lowest BCUT2D eigenvalue weighted by atomic mass is 9.91. The first kappa shape index (κ1) is 20.2. The third kappa shape index (κ3) is 4.30. The van der Waals surface area contributed by atoms with Crippen molar-refractivity contribution in [3.8, 4) is 0 Å². The molecule has 1 spiro atoms. The van der Waals surface area contributed by atoms with Crippen molar-refractivity contribution in [2.45, 2.75) is 32.6 Å². The van der Waals surface area contributed by atoms with Gasteiger partial charge in [-0.05, 0) is 50.3 Å². The van der Waals surface area contributed by atoms with Gasteiger partial charge in [0.15, 0.2) is 0 Å². The number of amides is 2. The van der Waals surface area contributed by atoms with Crippen molar-refractivity contribution in [1.82, 2.24) is 15.1 Å². The number of carbonyl (C=O) groups excluding carboxylic acids is 2. The minimum atomic E-state index is 0. The van der Waals surface area contributed by atoms with E-state index in [1.165, 1.54) is 5.56 Å². The fourth-order valence-corrected chi connectivity index (χ4v) is 4.56. The van der Waals surface area contributed by atoms with Gasteiger partial charge in [0.25, 0.3) is 0 Å². The summed E-state index contributed by atoms with van der Waals surface area (Å²) in [4.78, 5) is 29.3. The van der Waals surface area contributed by atoms with Crippen LogP contribution in [-0.2, 0) is 16.0 Å². The highest BCUT2D eigenvalue weighted by Gasteiger charge is 2.58. The summed E-state index contributed by atoms with van der Waals surface area (Å²) in [5.74, 6) is 0.735. The van der Waals surface area contributed by atoms with Crippen molar-refractivity contribution >= 4 is 24.2 Å². The number of rotatable bonds is 3. The molecule has 2 heterocycles. The standard InChI is InChI=1S/C21H29N3O2.ClH/c1-16-2-4-17(5-3-16)14-19(25)23-10-12-24(13-11-23)20(26)18-15-21(18)6-8-22-9-7-21;/h2-5,18,22H,6-15H2,1H3;1H. The zero-order chi connectivity index (χ0) is 18.1. The topological polar surface area (TPSA) is 52.7 Å². The Morgan fingerprint density at radius 2 is 1.63 bits per heavy atom. The van der Waals surface area contributed by atoms with Gasteiger partial charge in [-0.1, -0.05) is 29.8 Å². The molecule has 2 amide bonds. The molecule has 1 aliphatic carbocycles. The van der Waals surface area contributed by atoms with Crippen LogP contribution in [0.15, 0.2) is 24.3 Å². The zero-order valence-electron chi connectivity index (χ0n) is 16.1. The second kappa shape index (κ2) is 8.19. The number of aryl methyl sites for hydroxylation is 1. The SMILES string of the molecule is Cc1ccc(CC(=O)N2CCN(C(=O)C3CC34CCNCC4)CC2)cc1.Cl. The minimum Gasteiger partial charge on any atom is -0.339 e. The maximum atomic E-state index is 12.8. The van der Waals surface area contributed by atoms with E-state index in [-0.39, 0.29) is 24.2 Å². The maximum Gasteiger partial charge on any atom is 0.227 e. The van der Waals surface area contributed by atoms with Crippen LogP contribution in [0.4, 0.5) is 0 Å². The molecule has 2 saturated heterocycles. The molecule has 27 heavy (non-hydrogen) atoms. The van der Waals surface area contributed by atoms with Crippen LogP contribution < -0.4 is 5.32 Å². The van der Waals surface area contributed by atoms with Crippen LogP contribution >= 0.6 is 12.4 Å². The largest absolute Gasteiger partial charge is 0.339 e. The van der Waals surface area contributed by atoms with E-state index in [9.17, 15) is 9.59 Å². The second-order valence-electron chi connectivity index (χ2n) is 8.24. The van der Waals surface area contributed by atoms with Crippen molar-refractivity contribution in [3.63, 3.8) is 0 Å². The summed E-state index contributed by atoms with van der Waals surface area (Å²) in [7, 11) is 0. The highest BCUT2D eigenvalue weighted by atomic mass is 35.5. The lowest BCUT2D eigenvalue weighted by Gasteiger charge is -2.35. The molecule has 1 saturated carbocycles. The molecule has 2 aliphatic heterocycles. The number of hydrogen-bond donors (Lipinski definition) is 1. The lowest BCUT2D eigenvalue weighted by molar-refractivity contribution is -0.140. The third-order valence-electron chi connectivity index (χ3n) is 6.51. The first-order valence-electron chi connectivity index (χ1n) is 9.90. The van der Waals surface area contributed by atoms with Gasteiger partial charge in [0.05, 0.1) is 6.42 Å². The molecule has 6 heteroatoms. The molecule has 0 radical (unpaired) electrons. The monoisotopic (exact) mass is 391 g/mol. The van der Waals surface area contributed by atoms with E-state index in [4.69, 9.17) is 0 Å². The van der Waals surface area contributed by atoms with Crippen LogP contribution in [0.1, 0.15) is 30.4 Å². The highest BCUT2D eigenvalue weighted by molar-refractivity contribution is 5.85. The molecule has 4 rings (SSSR count). The van der Waals surface area contributed by atoms with Crippen molar-refractivity contribution in [1.29, 1.82) is 0 Å². The number of halogens is 1. The summed E-state index contributed by atoms with van der Waals surface area (Å²) in [6.07, 6.45) is 3.80. The smallest absolute Gasteiger partial charge is 0.227 e. The summed E-state index contributed by atoms with van der Waals surface area (Å²) in [6.45, 7) is 6.84. The quantitative estimate of drug-likeness (QED) is 0.857. The average molecular weight is 392 g/mol. The van der Waals surface area contributed by atoms with Gasteiger partial charge in [0, 0.05) is 32.1 Å². The number of nitrogens with one attached hydrogen (secondary N) is 1. The van der Waals surface area contributed by atoms with E-state index in [2.05, 4.69) is 12.2 Å². The Bertz CT molecular complexity index is 677. The average Bonchev–Trinajstić information content (AvgIpc) is 3.36. The van der Waals surface area contributed by atoms with E-state index >= 15 is 0 Å². The van der Waals surface area contributed by atoms with Gasteiger partial charge >= 0.3 is 0 Å². The number of nitrogens with zero attached hydrogens (tertiary/aromatic N) is 2. The van der Waals surface area contributed by atoms with E-state index in [0.29, 0.717) is 43.9 Å². The van der Waals surface area contributed by atoms with Crippen LogP contribution in [0, 0.1) is 18.3 Å². The van der Waals surface area contributed by atoms with Crippen LogP contribution in [0.5, 0.6) is 0 Å². The second-order valence-corrected chi connectivity index (χ2v) is 8.24. The van der Waals surface area contributed by atoms with Crippen molar-refractivity contribution in [2.75, 3.05) is 39.3 Å². The predicted octanol–water partition coefficient (Wildman–Crippen LogP) is 2.02. The van der Waals surface area contributed by atoms with Gasteiger partial charge < -0.3 is 15.1 Å². The van der Waals surface area contributed by atoms with E-state index in [1.54, 1.807) is 0 Å². The van der Waals surface area contributed by atoms with Gasteiger partial charge in [0.2, 0.25) is 11.8 Å². The summed E-state index contributed by atoms with van der Waals surface area (Å²) in [6, 6.07) is 8.15. The van der Waals surface area contributed by atoms with Gasteiger partial charge in [-0.2, -0.15) is 0 Å². The van der Waals surface area contributed by atoms with Gasteiger partial charge in [-0.15, -0.1) is 12.4 Å². The Kier molecular flexibility index (Phi) is 6.11. The Morgan fingerprint density at radius 1 is 1.04 bits per heavy atom. The predicted molar refractivity (Wildman–Crippen MR) is 108 cm³/mol. The molecule has 1 unspecified atom stereocenters. The van der Waals surface area contributed by atoms with Gasteiger partial charge in [-0.25, -0.2) is 0 Å². The molecule has 1 N–H and O–H groups in total. The first-order valence-corrected chi connectivity index (χ1v) is 9.90. The molecule has 5 nitrogen and oxygen atoms in total. The summed E-state index contributed by atoms with van der Waals surface area (Å²) < 4.78 is 0. The molecular weight excluding hydrogens is 362 g/mol. The number of piperazine rings is 1. The number of carbonyl (C=O) groups is 2. The molecule has 0 aromatic heterocycles. The Morgan fingerprint density at radius 3 is 2.26 bits per heavy atom. The van der Waals surface area contributed by atoms with Crippen molar-refractivity contribution in [2.24, 2.45) is 11.3 Å². The fraction of sp³-hybridized carbons (Fsp3) is 0.619. The normalized spacial score (nSPS) is 23.7. The van der Waals surface area contributed by atoms with E-state index in [0.717, 1.165) is 37.9 Å². The first-order chi connectivity index (χ1) is 12.6. The molecule has 1 atom stereocenters. The van der Waals surface area contributed by atoms with Crippen LogP contribution in [0.3, 0.4) is 0 Å². The van der Waals surface area contributed by atoms with E-state index < -0.39 is 0 Å². The molecule has 148 valence electrons. The Hall–Kier alpha value is -1.59. The van der Waals surface area contributed by atoms with Gasteiger partial charge in [0.1, 0.15) is 0 Å². The zero-order valence-corrected chi connectivity index (χ0v) is 16.9. The maximum absolute atomic E-state index is 12.8. The number of piperidine rings is 1. The molecular formula is C21H30ClN3O2. The molecule has 1 aromatic rings. The summed E-state index contributed by atoms with van der Waals surface area (Å²) >= 11 is 0. The minimum absolute atomic E-state index is 0. The third-order valence-corrected chi connectivity index (χ3v) is 6.51. The van der Waals surface area contributed by atoms with E-state index in [1.807, 2.05) is 34.1 Å². The Balaban J connectivity index is 0.00000210. The molecule has 1 aromatic carbocycles. The van der Waals surface area contributed by atoms with Gasteiger partial charge in [-0.3, -0.25) is 9.59 Å².